The molecule has 3 aromatic rings. The molecule has 0 fully saturated rings. The van der Waals surface area contributed by atoms with Gasteiger partial charge in [0.25, 0.3) is 5.91 Å². The molecule has 2 aromatic heterocycles. The molecule has 1 aromatic carbocycles. The van der Waals surface area contributed by atoms with Gasteiger partial charge in [-0.3, -0.25) is 14.3 Å². The lowest BCUT2D eigenvalue weighted by atomic mass is 10.0. The van der Waals surface area contributed by atoms with E-state index < -0.39 is 11.8 Å². The van der Waals surface area contributed by atoms with Gasteiger partial charge in [-0.1, -0.05) is 18.2 Å². The Labute approximate surface area is 151 Å². The van der Waals surface area contributed by atoms with Crippen molar-refractivity contribution >= 4 is 22.7 Å². The summed E-state index contributed by atoms with van der Waals surface area (Å²) in [5, 5.41) is 7.96. The van der Waals surface area contributed by atoms with Crippen LogP contribution in [0.2, 0.25) is 0 Å². The van der Waals surface area contributed by atoms with Gasteiger partial charge in [0.2, 0.25) is 5.91 Å². The molecule has 0 unspecified atom stereocenters. The standard InChI is InChI=1S/C19H23N5O2/c1-3-24-16-7-5-4-6-14(16)9-17(24)19(26)21-11-15(18(20)25)8-13-10-22-23(2)12-13/h4-7,9-10,12,15H,3,8,11H2,1-2H3,(H2,20,25)(H,21,26)/t15-/m1/s1. The maximum Gasteiger partial charge on any atom is 0.267 e. The lowest BCUT2D eigenvalue weighted by Crippen LogP contribution is -2.37. The summed E-state index contributed by atoms with van der Waals surface area (Å²) in [6, 6.07) is 9.74. The van der Waals surface area contributed by atoms with Crippen molar-refractivity contribution in [3.8, 4) is 0 Å². The highest BCUT2D eigenvalue weighted by Gasteiger charge is 2.20. The number of nitrogens with two attached hydrogens (primary N) is 1. The summed E-state index contributed by atoms with van der Waals surface area (Å²) in [7, 11) is 1.81. The van der Waals surface area contributed by atoms with Crippen molar-refractivity contribution < 1.29 is 9.59 Å². The first kappa shape index (κ1) is 17.7. The molecule has 0 bridgehead atoms. The van der Waals surface area contributed by atoms with Crippen molar-refractivity contribution in [3.63, 3.8) is 0 Å². The predicted octanol–water partition coefficient (Wildman–Crippen LogP) is 1.47. The molecular weight excluding hydrogens is 330 g/mol. The smallest absolute Gasteiger partial charge is 0.267 e. The van der Waals surface area contributed by atoms with Crippen molar-refractivity contribution in [1.29, 1.82) is 0 Å². The van der Waals surface area contributed by atoms with Crippen molar-refractivity contribution in [2.75, 3.05) is 6.54 Å². The number of carbonyl (C=O) groups is 2. The number of nitrogens with zero attached hydrogens (tertiary/aromatic N) is 3. The number of amides is 2. The van der Waals surface area contributed by atoms with Crippen LogP contribution in [0.4, 0.5) is 0 Å². The van der Waals surface area contributed by atoms with E-state index >= 15 is 0 Å². The second-order valence-electron chi connectivity index (χ2n) is 6.37. The van der Waals surface area contributed by atoms with Crippen molar-refractivity contribution in [3.05, 3.63) is 54.0 Å². The largest absolute Gasteiger partial charge is 0.369 e. The summed E-state index contributed by atoms with van der Waals surface area (Å²) < 4.78 is 3.64. The van der Waals surface area contributed by atoms with Crippen LogP contribution in [0.25, 0.3) is 10.9 Å². The van der Waals surface area contributed by atoms with E-state index in [0.29, 0.717) is 18.7 Å². The normalized spacial score (nSPS) is 12.2. The third-order valence-corrected chi connectivity index (χ3v) is 4.51. The number of aryl methyl sites for hydroxylation is 2. The van der Waals surface area contributed by atoms with Crippen LogP contribution in [0.5, 0.6) is 0 Å². The van der Waals surface area contributed by atoms with Crippen molar-refractivity contribution in [2.45, 2.75) is 19.9 Å². The molecule has 2 heterocycles. The lowest BCUT2D eigenvalue weighted by Gasteiger charge is -2.14. The fraction of sp³-hybridized carbons (Fsp3) is 0.316. The maximum absolute atomic E-state index is 12.7. The van der Waals surface area contributed by atoms with E-state index in [9.17, 15) is 9.59 Å². The fourth-order valence-electron chi connectivity index (χ4n) is 3.18. The van der Waals surface area contributed by atoms with E-state index in [0.717, 1.165) is 16.5 Å². The van der Waals surface area contributed by atoms with Gasteiger partial charge >= 0.3 is 0 Å². The van der Waals surface area contributed by atoms with E-state index in [1.54, 1.807) is 10.9 Å². The molecule has 2 amide bonds. The molecule has 0 aliphatic heterocycles. The second-order valence-corrected chi connectivity index (χ2v) is 6.37. The van der Waals surface area contributed by atoms with Gasteiger partial charge in [-0.05, 0) is 31.0 Å². The first-order valence-corrected chi connectivity index (χ1v) is 8.63. The molecular formula is C19H23N5O2. The summed E-state index contributed by atoms with van der Waals surface area (Å²) in [4.78, 5) is 24.4. The van der Waals surface area contributed by atoms with Gasteiger partial charge in [0.05, 0.1) is 12.1 Å². The summed E-state index contributed by atoms with van der Waals surface area (Å²) in [5.74, 6) is -1.13. The van der Waals surface area contributed by atoms with Crippen LogP contribution >= 0.6 is 0 Å². The lowest BCUT2D eigenvalue weighted by molar-refractivity contribution is -0.121. The molecule has 7 heteroatoms. The van der Waals surface area contributed by atoms with Gasteiger partial charge in [0.1, 0.15) is 5.69 Å². The summed E-state index contributed by atoms with van der Waals surface area (Å²) in [5.41, 5.74) is 8.02. The Bertz CT molecular complexity index is 940. The minimum Gasteiger partial charge on any atom is -0.369 e. The quantitative estimate of drug-likeness (QED) is 0.673. The number of carbonyl (C=O) groups excluding carboxylic acids is 2. The van der Waals surface area contributed by atoms with Gasteiger partial charge in [-0.2, -0.15) is 5.10 Å². The molecule has 0 spiro atoms. The first-order chi connectivity index (χ1) is 12.5. The summed E-state index contributed by atoms with van der Waals surface area (Å²) in [6.07, 6.45) is 3.99. The highest BCUT2D eigenvalue weighted by atomic mass is 16.2. The van der Waals surface area contributed by atoms with Crippen LogP contribution in [0.1, 0.15) is 23.0 Å². The van der Waals surface area contributed by atoms with Crippen LogP contribution in [-0.2, 0) is 24.8 Å². The van der Waals surface area contributed by atoms with Crippen LogP contribution in [0.15, 0.2) is 42.7 Å². The number of rotatable bonds is 7. The van der Waals surface area contributed by atoms with Crippen LogP contribution in [-0.4, -0.2) is 32.7 Å². The summed E-state index contributed by atoms with van der Waals surface area (Å²) >= 11 is 0. The molecule has 26 heavy (non-hydrogen) atoms. The number of benzene rings is 1. The number of hydrogen-bond donors (Lipinski definition) is 2. The zero-order valence-electron chi connectivity index (χ0n) is 15.0. The van der Waals surface area contributed by atoms with E-state index in [1.807, 2.05) is 55.1 Å². The molecule has 0 aliphatic carbocycles. The Hall–Kier alpha value is -3.09. The average Bonchev–Trinajstić information content (AvgIpc) is 3.20. The second kappa shape index (κ2) is 7.43. The van der Waals surface area contributed by atoms with Gasteiger partial charge in [-0.25, -0.2) is 0 Å². The third kappa shape index (κ3) is 3.61. The minimum atomic E-state index is -0.484. The molecule has 1 atom stereocenters. The fourth-order valence-corrected chi connectivity index (χ4v) is 3.18. The van der Waals surface area contributed by atoms with E-state index in [-0.39, 0.29) is 12.5 Å². The molecule has 0 aliphatic rings. The number of aromatic nitrogens is 3. The van der Waals surface area contributed by atoms with Crippen molar-refractivity contribution in [2.24, 2.45) is 18.7 Å². The minimum absolute atomic E-state index is 0.189. The SMILES string of the molecule is CCn1c(C(=O)NC[C@@H](Cc2cnn(C)c2)C(N)=O)cc2ccccc21. The Morgan fingerprint density at radius 1 is 1.31 bits per heavy atom. The monoisotopic (exact) mass is 353 g/mol. The van der Waals surface area contributed by atoms with Gasteiger partial charge < -0.3 is 15.6 Å². The Morgan fingerprint density at radius 2 is 2.08 bits per heavy atom. The van der Waals surface area contributed by atoms with Crippen LogP contribution in [0.3, 0.4) is 0 Å². The van der Waals surface area contributed by atoms with Crippen LogP contribution < -0.4 is 11.1 Å². The van der Waals surface area contributed by atoms with Crippen molar-refractivity contribution in [1.82, 2.24) is 19.7 Å². The molecule has 0 saturated carbocycles. The Kier molecular flexibility index (Phi) is 5.06. The highest BCUT2D eigenvalue weighted by Crippen LogP contribution is 2.19. The number of para-hydroxylation sites is 1. The Balaban J connectivity index is 1.73. The number of nitrogens with one attached hydrogen (secondary N) is 1. The number of hydrogen-bond acceptors (Lipinski definition) is 3. The van der Waals surface area contributed by atoms with E-state index in [1.165, 1.54) is 0 Å². The van der Waals surface area contributed by atoms with E-state index in [2.05, 4.69) is 10.4 Å². The molecule has 3 rings (SSSR count). The van der Waals surface area contributed by atoms with Gasteiger partial charge in [0, 0.05) is 37.2 Å². The highest BCUT2D eigenvalue weighted by molar-refractivity contribution is 5.99. The third-order valence-electron chi connectivity index (χ3n) is 4.51. The number of fused-ring (bicyclic) bond motifs is 1. The first-order valence-electron chi connectivity index (χ1n) is 8.63. The molecule has 0 radical (unpaired) electrons. The molecule has 136 valence electrons. The predicted molar refractivity (Wildman–Crippen MR) is 99.5 cm³/mol. The zero-order valence-corrected chi connectivity index (χ0v) is 15.0. The zero-order chi connectivity index (χ0) is 18.7. The van der Waals surface area contributed by atoms with Gasteiger partial charge in [0.15, 0.2) is 0 Å². The molecule has 7 nitrogen and oxygen atoms in total. The summed E-state index contributed by atoms with van der Waals surface area (Å²) in [6.45, 7) is 2.87. The topological polar surface area (TPSA) is 94.9 Å². The van der Waals surface area contributed by atoms with E-state index in [4.69, 9.17) is 5.73 Å². The average molecular weight is 353 g/mol. The molecule has 0 saturated heterocycles. The van der Waals surface area contributed by atoms with Crippen LogP contribution in [0, 0.1) is 5.92 Å². The van der Waals surface area contributed by atoms with Gasteiger partial charge in [-0.15, -0.1) is 0 Å². The maximum atomic E-state index is 12.7. The number of primary amides is 1. The molecule has 3 N–H and O–H groups in total. The Morgan fingerprint density at radius 3 is 2.73 bits per heavy atom.